The Kier molecular flexibility index (Phi) is 4.81. The highest BCUT2D eigenvalue weighted by molar-refractivity contribution is 8.18. The first kappa shape index (κ1) is 18.1. The number of hydrogen-bond acceptors (Lipinski definition) is 3. The zero-order valence-electron chi connectivity index (χ0n) is 15.4. The Balaban J connectivity index is 1.73. The molecule has 0 saturated carbocycles. The van der Waals surface area contributed by atoms with Crippen molar-refractivity contribution in [3.05, 3.63) is 76.3 Å². The topological polar surface area (TPSA) is 42.3 Å². The Labute approximate surface area is 167 Å². The molecule has 0 radical (unpaired) electrons. The third kappa shape index (κ3) is 3.35. The van der Waals surface area contributed by atoms with E-state index in [0.29, 0.717) is 4.91 Å². The minimum Gasteiger partial charge on any atom is -0.342 e. The van der Waals surface area contributed by atoms with E-state index in [9.17, 15) is 9.59 Å². The molecule has 1 fully saturated rings. The Bertz CT molecular complexity index is 1150. The lowest BCUT2D eigenvalue weighted by atomic mass is 10.1. The largest absolute Gasteiger partial charge is 0.342 e. The van der Waals surface area contributed by atoms with Gasteiger partial charge < -0.3 is 4.57 Å². The number of aryl methyl sites for hydroxylation is 1. The van der Waals surface area contributed by atoms with Crippen LogP contribution in [0.1, 0.15) is 16.7 Å². The number of hydrogen-bond donors (Lipinski definition) is 0. The number of amides is 2. The third-order valence-corrected chi connectivity index (χ3v) is 5.61. The molecule has 1 aromatic heterocycles. The fourth-order valence-electron chi connectivity index (χ4n) is 3.28. The summed E-state index contributed by atoms with van der Waals surface area (Å²) in [7, 11) is 0. The molecule has 2 heterocycles. The molecule has 5 heteroatoms. The van der Waals surface area contributed by atoms with Gasteiger partial charge in [0.15, 0.2) is 0 Å². The van der Waals surface area contributed by atoms with Crippen molar-refractivity contribution in [2.45, 2.75) is 13.5 Å². The number of benzene rings is 2. The van der Waals surface area contributed by atoms with Crippen LogP contribution in [0.2, 0.25) is 0 Å². The Morgan fingerprint density at radius 3 is 2.61 bits per heavy atom. The van der Waals surface area contributed by atoms with Gasteiger partial charge >= 0.3 is 0 Å². The second-order valence-corrected chi connectivity index (χ2v) is 7.68. The average molecular weight is 386 g/mol. The van der Waals surface area contributed by atoms with Crippen molar-refractivity contribution >= 4 is 39.9 Å². The van der Waals surface area contributed by atoms with Crippen LogP contribution < -0.4 is 0 Å². The van der Waals surface area contributed by atoms with E-state index in [2.05, 4.69) is 47.7 Å². The third-order valence-electron chi connectivity index (χ3n) is 4.70. The van der Waals surface area contributed by atoms with Crippen LogP contribution in [-0.2, 0) is 11.3 Å². The molecule has 1 aliphatic rings. The zero-order valence-corrected chi connectivity index (χ0v) is 16.2. The molecule has 0 aliphatic carbocycles. The first-order valence-electron chi connectivity index (χ1n) is 8.89. The van der Waals surface area contributed by atoms with Crippen molar-refractivity contribution < 1.29 is 9.59 Å². The van der Waals surface area contributed by atoms with Gasteiger partial charge in [-0.25, -0.2) is 0 Å². The van der Waals surface area contributed by atoms with Gasteiger partial charge in [-0.15, -0.1) is 6.42 Å². The van der Waals surface area contributed by atoms with Crippen molar-refractivity contribution in [1.29, 1.82) is 0 Å². The summed E-state index contributed by atoms with van der Waals surface area (Å²) < 4.78 is 2.16. The van der Waals surface area contributed by atoms with Gasteiger partial charge in [0.25, 0.3) is 11.1 Å². The van der Waals surface area contributed by atoms with Crippen LogP contribution in [0.15, 0.2) is 59.6 Å². The van der Waals surface area contributed by atoms with Gasteiger partial charge in [0.05, 0.1) is 11.4 Å². The van der Waals surface area contributed by atoms with E-state index in [1.54, 1.807) is 6.08 Å². The minimum atomic E-state index is -0.330. The maximum atomic E-state index is 12.5. The van der Waals surface area contributed by atoms with Gasteiger partial charge in [-0.1, -0.05) is 53.9 Å². The van der Waals surface area contributed by atoms with E-state index >= 15 is 0 Å². The predicted octanol–water partition coefficient (Wildman–Crippen LogP) is 4.67. The van der Waals surface area contributed by atoms with Crippen LogP contribution in [0.3, 0.4) is 0 Å². The first-order chi connectivity index (χ1) is 13.6. The maximum Gasteiger partial charge on any atom is 0.294 e. The molecule has 138 valence electrons. The molecule has 4 rings (SSSR count). The van der Waals surface area contributed by atoms with Crippen molar-refractivity contribution in [1.82, 2.24) is 9.47 Å². The van der Waals surface area contributed by atoms with E-state index in [-0.39, 0.29) is 17.7 Å². The minimum absolute atomic E-state index is 0.00279. The van der Waals surface area contributed by atoms with Gasteiger partial charge in [-0.05, 0) is 36.4 Å². The van der Waals surface area contributed by atoms with E-state index in [4.69, 9.17) is 6.42 Å². The molecular formula is C23H18N2O2S. The summed E-state index contributed by atoms with van der Waals surface area (Å²) in [4.78, 5) is 26.0. The van der Waals surface area contributed by atoms with Gasteiger partial charge in [-0.2, -0.15) is 0 Å². The highest BCUT2D eigenvalue weighted by Crippen LogP contribution is 2.34. The summed E-state index contributed by atoms with van der Waals surface area (Å²) in [5.41, 5.74) is 4.42. The molecule has 0 unspecified atom stereocenters. The van der Waals surface area contributed by atoms with E-state index < -0.39 is 0 Å². The molecule has 0 atom stereocenters. The normalized spacial score (nSPS) is 15.6. The summed E-state index contributed by atoms with van der Waals surface area (Å²) in [6.45, 7) is 2.80. The van der Waals surface area contributed by atoms with Crippen LogP contribution in [-0.4, -0.2) is 27.2 Å². The van der Waals surface area contributed by atoms with Gasteiger partial charge in [0.2, 0.25) is 0 Å². The molecule has 0 N–H and O–H groups in total. The van der Waals surface area contributed by atoms with Crippen molar-refractivity contribution in [2.75, 3.05) is 6.54 Å². The van der Waals surface area contributed by atoms with Crippen LogP contribution >= 0.6 is 11.8 Å². The number of rotatable bonds is 4. The number of imide groups is 1. The van der Waals surface area contributed by atoms with Crippen LogP contribution in [0, 0.1) is 19.3 Å². The number of fused-ring (bicyclic) bond motifs is 1. The lowest BCUT2D eigenvalue weighted by Crippen LogP contribution is -2.28. The highest BCUT2D eigenvalue weighted by Gasteiger charge is 2.34. The number of para-hydroxylation sites is 1. The second kappa shape index (κ2) is 7.41. The molecule has 2 amide bonds. The summed E-state index contributed by atoms with van der Waals surface area (Å²) >= 11 is 0.934. The Morgan fingerprint density at radius 1 is 1.11 bits per heavy atom. The average Bonchev–Trinajstić information content (AvgIpc) is 3.17. The summed E-state index contributed by atoms with van der Waals surface area (Å²) in [6, 6.07) is 16.5. The summed E-state index contributed by atoms with van der Waals surface area (Å²) in [5.74, 6) is 2.03. The summed E-state index contributed by atoms with van der Waals surface area (Å²) in [6.07, 6.45) is 9.08. The quantitative estimate of drug-likeness (QED) is 0.483. The smallest absolute Gasteiger partial charge is 0.294 e. The standard InChI is InChI=1S/C23H18N2O2S/c1-3-12-25-22(26)21(28-23(25)27)13-18-15-24(20-7-5-4-6-19(18)20)14-17-10-8-16(2)9-11-17/h1,4-11,13,15H,12,14H2,2H3. The van der Waals surface area contributed by atoms with Crippen LogP contribution in [0.25, 0.3) is 17.0 Å². The molecule has 0 bridgehead atoms. The first-order valence-corrected chi connectivity index (χ1v) is 9.70. The molecule has 4 nitrogen and oxygen atoms in total. The fraction of sp³-hybridized carbons (Fsp3) is 0.130. The molecule has 2 aromatic carbocycles. The molecule has 3 aromatic rings. The van der Waals surface area contributed by atoms with E-state index in [1.165, 1.54) is 11.1 Å². The SMILES string of the molecule is C#CCN1C(=O)SC(=Cc2cn(Cc3ccc(C)cc3)c3ccccc23)C1=O. The predicted molar refractivity (Wildman–Crippen MR) is 114 cm³/mol. The fourth-order valence-corrected chi connectivity index (χ4v) is 4.11. The van der Waals surface area contributed by atoms with Crippen molar-refractivity contribution in [2.24, 2.45) is 0 Å². The van der Waals surface area contributed by atoms with E-state index in [1.807, 2.05) is 24.4 Å². The summed E-state index contributed by atoms with van der Waals surface area (Å²) in [5, 5.41) is 0.718. The Hall–Kier alpha value is -3.23. The molecule has 1 aliphatic heterocycles. The van der Waals surface area contributed by atoms with Crippen LogP contribution in [0.5, 0.6) is 0 Å². The van der Waals surface area contributed by atoms with Crippen LogP contribution in [0.4, 0.5) is 4.79 Å². The van der Waals surface area contributed by atoms with Crippen molar-refractivity contribution in [3.8, 4) is 12.3 Å². The Morgan fingerprint density at radius 2 is 1.86 bits per heavy atom. The van der Waals surface area contributed by atoms with E-state index in [0.717, 1.165) is 39.7 Å². The number of aromatic nitrogens is 1. The number of carbonyl (C=O) groups is 2. The lowest BCUT2D eigenvalue weighted by Gasteiger charge is -2.06. The van der Waals surface area contributed by atoms with Gasteiger partial charge in [-0.3, -0.25) is 14.5 Å². The maximum absolute atomic E-state index is 12.5. The second-order valence-electron chi connectivity index (χ2n) is 6.69. The van der Waals surface area contributed by atoms with Gasteiger partial charge in [0.1, 0.15) is 0 Å². The highest BCUT2D eigenvalue weighted by atomic mass is 32.2. The number of carbonyl (C=O) groups excluding carboxylic acids is 2. The lowest BCUT2D eigenvalue weighted by molar-refractivity contribution is -0.122. The number of nitrogens with zero attached hydrogens (tertiary/aromatic N) is 2. The molecule has 28 heavy (non-hydrogen) atoms. The monoisotopic (exact) mass is 386 g/mol. The molecular weight excluding hydrogens is 368 g/mol. The van der Waals surface area contributed by atoms with Crippen molar-refractivity contribution in [3.63, 3.8) is 0 Å². The molecule has 1 saturated heterocycles. The van der Waals surface area contributed by atoms with Gasteiger partial charge in [0, 0.05) is 29.2 Å². The zero-order chi connectivity index (χ0) is 19.7. The number of terminal acetylenes is 1. The number of thioether (sulfide) groups is 1. The molecule has 0 spiro atoms.